The van der Waals surface area contributed by atoms with Crippen LogP contribution in [0.4, 0.5) is 0 Å². The summed E-state index contributed by atoms with van der Waals surface area (Å²) in [5.41, 5.74) is -1.06. The van der Waals surface area contributed by atoms with Crippen LogP contribution in [0.5, 0.6) is 0 Å². The smallest absolute Gasteiger partial charge is 0.307 e. The molecule has 0 amide bonds. The summed E-state index contributed by atoms with van der Waals surface area (Å²) in [7, 11) is 0. The van der Waals surface area contributed by atoms with Crippen LogP contribution in [0.1, 0.15) is 40.0 Å². The van der Waals surface area contributed by atoms with Gasteiger partial charge < -0.3 is 4.74 Å². The number of carbonyl (C=O) groups excluding carboxylic acids is 1. The van der Waals surface area contributed by atoms with Crippen molar-refractivity contribution in [1.82, 2.24) is 0 Å². The largest absolute Gasteiger partial charge is 0.460 e. The number of ether oxygens (including phenoxy) is 1. The number of rotatable bonds is 4. The molecule has 0 aromatic carbocycles. The molecular formula is C14H21NO4. The minimum Gasteiger partial charge on any atom is -0.460 e. The third-order valence-electron chi connectivity index (χ3n) is 4.03. The fraction of sp³-hybridized carbons (Fsp3) is 0.786. The average molecular weight is 267 g/mol. The zero-order valence-electron chi connectivity index (χ0n) is 11.7. The third-order valence-corrected chi connectivity index (χ3v) is 4.03. The molecule has 2 aliphatic carbocycles. The van der Waals surface area contributed by atoms with E-state index < -0.39 is 11.0 Å². The quantitative estimate of drug-likeness (QED) is 0.340. The Morgan fingerprint density at radius 1 is 1.53 bits per heavy atom. The molecule has 0 spiro atoms. The summed E-state index contributed by atoms with van der Waals surface area (Å²) in [5.74, 6) is 0.334. The molecule has 0 saturated heterocycles. The number of nitrogens with zero attached hydrogens (tertiary/aromatic N) is 1. The Morgan fingerprint density at radius 2 is 2.21 bits per heavy atom. The minimum atomic E-state index is -0.540. The van der Waals surface area contributed by atoms with Gasteiger partial charge in [0.25, 0.3) is 0 Å². The molecule has 0 radical (unpaired) electrons. The molecule has 1 fully saturated rings. The van der Waals surface area contributed by atoms with Gasteiger partial charge in [0.1, 0.15) is 5.60 Å². The molecule has 0 aromatic rings. The standard InChI is InChI=1S/C14H21NO4/c1-13(2,3)19-12(16)8-14(9-15(17)18)7-10-5-4-6-11(10)14/h4,6,10-11H,5,7-9H2,1-3H3/t10-,11-,14-/m1/s1. The lowest BCUT2D eigenvalue weighted by atomic mass is 9.53. The molecule has 0 aliphatic heterocycles. The Bertz CT molecular complexity index is 424. The fourth-order valence-corrected chi connectivity index (χ4v) is 3.45. The van der Waals surface area contributed by atoms with Crippen LogP contribution >= 0.6 is 0 Å². The van der Waals surface area contributed by atoms with Crippen LogP contribution < -0.4 is 0 Å². The van der Waals surface area contributed by atoms with Gasteiger partial charge in [0.05, 0.1) is 11.8 Å². The van der Waals surface area contributed by atoms with Crippen molar-refractivity contribution in [1.29, 1.82) is 0 Å². The topological polar surface area (TPSA) is 69.4 Å². The summed E-state index contributed by atoms with van der Waals surface area (Å²) in [5, 5.41) is 10.9. The normalized spacial score (nSPS) is 32.6. The van der Waals surface area contributed by atoms with Crippen LogP contribution in [0.3, 0.4) is 0 Å². The van der Waals surface area contributed by atoms with E-state index in [0.29, 0.717) is 5.92 Å². The third kappa shape index (κ3) is 2.96. The molecule has 5 heteroatoms. The minimum absolute atomic E-state index is 0.141. The van der Waals surface area contributed by atoms with Gasteiger partial charge in [0.2, 0.25) is 6.54 Å². The van der Waals surface area contributed by atoms with Crippen LogP contribution in [0.2, 0.25) is 0 Å². The number of hydrogen-bond acceptors (Lipinski definition) is 4. The maximum atomic E-state index is 12.0. The lowest BCUT2D eigenvalue weighted by Crippen LogP contribution is -2.51. The second-order valence-corrected chi connectivity index (χ2v) is 6.77. The molecule has 106 valence electrons. The van der Waals surface area contributed by atoms with Crippen LogP contribution in [-0.4, -0.2) is 23.0 Å². The summed E-state index contributed by atoms with van der Waals surface area (Å²) in [6.45, 7) is 5.29. The second kappa shape index (κ2) is 4.62. The predicted molar refractivity (Wildman–Crippen MR) is 70.1 cm³/mol. The van der Waals surface area contributed by atoms with Crippen LogP contribution in [0, 0.1) is 27.4 Å². The second-order valence-electron chi connectivity index (χ2n) is 6.77. The van der Waals surface area contributed by atoms with E-state index >= 15 is 0 Å². The SMILES string of the molecule is CC(C)(C)OC(=O)C[C@@]1(C[N+](=O)[O-])C[C@H]2CC=C[C@H]21. The Labute approximate surface area is 113 Å². The maximum Gasteiger partial charge on any atom is 0.307 e. The van der Waals surface area contributed by atoms with Gasteiger partial charge >= 0.3 is 5.97 Å². The molecule has 2 rings (SSSR count). The number of fused-ring (bicyclic) bond motifs is 1. The highest BCUT2D eigenvalue weighted by molar-refractivity contribution is 5.71. The van der Waals surface area contributed by atoms with Gasteiger partial charge in [-0.05, 0) is 45.4 Å². The molecule has 3 atom stereocenters. The Morgan fingerprint density at radius 3 is 2.74 bits per heavy atom. The van der Waals surface area contributed by atoms with Crippen LogP contribution in [0.25, 0.3) is 0 Å². The van der Waals surface area contributed by atoms with Crippen molar-refractivity contribution in [2.45, 2.75) is 45.6 Å². The van der Waals surface area contributed by atoms with Gasteiger partial charge in [-0.3, -0.25) is 14.9 Å². The summed E-state index contributed by atoms with van der Waals surface area (Å²) in [4.78, 5) is 22.6. The van der Waals surface area contributed by atoms with Crippen molar-refractivity contribution in [3.63, 3.8) is 0 Å². The van der Waals surface area contributed by atoms with Gasteiger partial charge in [-0.2, -0.15) is 0 Å². The average Bonchev–Trinajstić information content (AvgIpc) is 2.55. The molecule has 2 aliphatic rings. The Kier molecular flexibility index (Phi) is 3.41. The van der Waals surface area contributed by atoms with E-state index in [4.69, 9.17) is 4.74 Å². The Hall–Kier alpha value is -1.39. The number of allylic oxidation sites excluding steroid dienone is 2. The first-order chi connectivity index (χ1) is 8.72. The summed E-state index contributed by atoms with van der Waals surface area (Å²) < 4.78 is 5.31. The molecular weight excluding hydrogens is 246 g/mol. The zero-order chi connectivity index (χ0) is 14.3. The van der Waals surface area contributed by atoms with Crippen molar-refractivity contribution < 1.29 is 14.5 Å². The van der Waals surface area contributed by atoms with E-state index in [-0.39, 0.29) is 29.8 Å². The summed E-state index contributed by atoms with van der Waals surface area (Å²) in [6.07, 6.45) is 6.01. The fourth-order valence-electron chi connectivity index (χ4n) is 3.45. The molecule has 19 heavy (non-hydrogen) atoms. The molecule has 0 unspecified atom stereocenters. The van der Waals surface area contributed by atoms with Gasteiger partial charge in [0, 0.05) is 4.92 Å². The number of hydrogen-bond donors (Lipinski definition) is 0. The highest BCUT2D eigenvalue weighted by Gasteiger charge is 2.57. The Balaban J connectivity index is 2.06. The number of carbonyl (C=O) groups is 1. The highest BCUT2D eigenvalue weighted by atomic mass is 16.6. The van der Waals surface area contributed by atoms with Crippen molar-refractivity contribution in [2.75, 3.05) is 6.54 Å². The summed E-state index contributed by atoms with van der Waals surface area (Å²) in [6, 6.07) is 0. The lowest BCUT2D eigenvalue weighted by Gasteiger charge is -2.49. The maximum absolute atomic E-state index is 12.0. The molecule has 0 bridgehead atoms. The summed E-state index contributed by atoms with van der Waals surface area (Å²) >= 11 is 0. The zero-order valence-corrected chi connectivity index (χ0v) is 11.7. The molecule has 1 saturated carbocycles. The highest BCUT2D eigenvalue weighted by Crippen LogP contribution is 2.58. The van der Waals surface area contributed by atoms with Crippen molar-refractivity contribution in [3.05, 3.63) is 22.3 Å². The van der Waals surface area contributed by atoms with Crippen LogP contribution in [-0.2, 0) is 9.53 Å². The van der Waals surface area contributed by atoms with Gasteiger partial charge in [-0.1, -0.05) is 12.2 Å². The molecule has 0 N–H and O–H groups in total. The lowest BCUT2D eigenvalue weighted by molar-refractivity contribution is -0.506. The van der Waals surface area contributed by atoms with E-state index in [1.807, 2.05) is 26.8 Å². The van der Waals surface area contributed by atoms with Crippen molar-refractivity contribution in [2.24, 2.45) is 17.3 Å². The van der Waals surface area contributed by atoms with E-state index in [1.54, 1.807) is 0 Å². The van der Waals surface area contributed by atoms with E-state index in [2.05, 4.69) is 6.08 Å². The van der Waals surface area contributed by atoms with Gasteiger partial charge in [0.15, 0.2) is 0 Å². The molecule has 0 heterocycles. The molecule has 0 aromatic heterocycles. The number of nitro groups is 1. The first kappa shape index (κ1) is 14.0. The van der Waals surface area contributed by atoms with Gasteiger partial charge in [-0.25, -0.2) is 0 Å². The van der Waals surface area contributed by atoms with E-state index in [0.717, 1.165) is 12.8 Å². The van der Waals surface area contributed by atoms with Gasteiger partial charge in [-0.15, -0.1) is 0 Å². The monoisotopic (exact) mass is 267 g/mol. The van der Waals surface area contributed by atoms with Crippen molar-refractivity contribution >= 4 is 5.97 Å². The molecule has 5 nitrogen and oxygen atoms in total. The first-order valence-electron chi connectivity index (χ1n) is 6.72. The van der Waals surface area contributed by atoms with E-state index in [1.165, 1.54) is 0 Å². The van der Waals surface area contributed by atoms with E-state index in [9.17, 15) is 14.9 Å². The van der Waals surface area contributed by atoms with Crippen molar-refractivity contribution in [3.8, 4) is 0 Å². The van der Waals surface area contributed by atoms with Crippen LogP contribution in [0.15, 0.2) is 12.2 Å². The first-order valence-corrected chi connectivity index (χ1v) is 6.72. The number of esters is 1. The predicted octanol–water partition coefficient (Wildman–Crippen LogP) is 2.58.